The fraction of sp³-hybridized carbons (Fsp3) is 0.350. The van der Waals surface area contributed by atoms with Gasteiger partial charge < -0.3 is 15.0 Å². The maximum atomic E-state index is 6.23. The summed E-state index contributed by atoms with van der Waals surface area (Å²) in [5, 5.41) is 3.47. The Morgan fingerprint density at radius 1 is 0.958 bits per heavy atom. The van der Waals surface area contributed by atoms with E-state index < -0.39 is 0 Å². The predicted octanol–water partition coefficient (Wildman–Crippen LogP) is 3.78. The van der Waals surface area contributed by atoms with Gasteiger partial charge in [0, 0.05) is 19.6 Å². The summed E-state index contributed by atoms with van der Waals surface area (Å²) in [5.74, 6) is 2.75. The third-order valence-electron chi connectivity index (χ3n) is 4.58. The molecule has 0 saturated carbocycles. The SMILES string of the molecule is Cc1ccc2c(c1)Oc1ccc(C)cc1C(N1CCCNCC1)=N2. The van der Waals surface area contributed by atoms with Gasteiger partial charge in [-0.3, -0.25) is 0 Å². The van der Waals surface area contributed by atoms with Crippen molar-refractivity contribution in [1.82, 2.24) is 10.2 Å². The van der Waals surface area contributed by atoms with Gasteiger partial charge in [-0.05, 0) is 56.6 Å². The Morgan fingerprint density at radius 3 is 2.71 bits per heavy atom. The molecule has 0 radical (unpaired) electrons. The quantitative estimate of drug-likeness (QED) is 0.802. The Balaban J connectivity index is 1.87. The van der Waals surface area contributed by atoms with Gasteiger partial charge in [0.15, 0.2) is 5.75 Å². The summed E-state index contributed by atoms with van der Waals surface area (Å²) < 4.78 is 6.23. The highest BCUT2D eigenvalue weighted by molar-refractivity contribution is 6.04. The Morgan fingerprint density at radius 2 is 1.79 bits per heavy atom. The summed E-state index contributed by atoms with van der Waals surface area (Å²) >= 11 is 0. The van der Waals surface area contributed by atoms with Gasteiger partial charge in [-0.1, -0.05) is 17.7 Å². The third-order valence-corrected chi connectivity index (χ3v) is 4.58. The van der Waals surface area contributed by atoms with Gasteiger partial charge in [-0.2, -0.15) is 0 Å². The van der Waals surface area contributed by atoms with E-state index in [2.05, 4.69) is 60.5 Å². The highest BCUT2D eigenvalue weighted by atomic mass is 16.5. The van der Waals surface area contributed by atoms with Gasteiger partial charge in [-0.15, -0.1) is 0 Å². The van der Waals surface area contributed by atoms with E-state index in [0.29, 0.717) is 0 Å². The molecule has 4 rings (SSSR count). The predicted molar refractivity (Wildman–Crippen MR) is 97.7 cm³/mol. The minimum Gasteiger partial charge on any atom is -0.454 e. The number of aryl methyl sites for hydroxylation is 2. The number of aliphatic imine (C=N–C) groups is 1. The van der Waals surface area contributed by atoms with Gasteiger partial charge in [-0.25, -0.2) is 4.99 Å². The molecular weight excluding hydrogens is 298 g/mol. The normalized spacial score (nSPS) is 17.1. The van der Waals surface area contributed by atoms with E-state index in [1.165, 1.54) is 11.1 Å². The average Bonchev–Trinajstić information content (AvgIpc) is 2.92. The summed E-state index contributed by atoms with van der Waals surface area (Å²) in [6.07, 6.45) is 1.13. The zero-order valence-corrected chi connectivity index (χ0v) is 14.3. The van der Waals surface area contributed by atoms with Crippen LogP contribution in [0.4, 0.5) is 5.69 Å². The molecule has 1 fully saturated rings. The van der Waals surface area contributed by atoms with Crippen LogP contribution in [-0.4, -0.2) is 36.9 Å². The molecule has 0 unspecified atom stereocenters. The average molecular weight is 321 g/mol. The molecule has 0 spiro atoms. The van der Waals surface area contributed by atoms with Crippen molar-refractivity contribution in [3.8, 4) is 11.5 Å². The zero-order valence-electron chi connectivity index (χ0n) is 14.3. The number of amidine groups is 1. The molecule has 4 nitrogen and oxygen atoms in total. The second kappa shape index (κ2) is 6.29. The highest BCUT2D eigenvalue weighted by Gasteiger charge is 2.23. The van der Waals surface area contributed by atoms with Crippen LogP contribution in [-0.2, 0) is 0 Å². The van der Waals surface area contributed by atoms with E-state index in [9.17, 15) is 0 Å². The number of fused-ring (bicyclic) bond motifs is 2. The van der Waals surface area contributed by atoms with Crippen molar-refractivity contribution >= 4 is 11.5 Å². The minimum atomic E-state index is 0.836. The van der Waals surface area contributed by atoms with Crippen LogP contribution in [0.2, 0.25) is 0 Å². The maximum Gasteiger partial charge on any atom is 0.153 e. The lowest BCUT2D eigenvalue weighted by Gasteiger charge is -2.24. The molecule has 4 heteroatoms. The van der Waals surface area contributed by atoms with E-state index in [0.717, 1.165) is 61.2 Å². The largest absolute Gasteiger partial charge is 0.454 e. The summed E-state index contributed by atoms with van der Waals surface area (Å²) in [6, 6.07) is 12.6. The van der Waals surface area contributed by atoms with Crippen molar-refractivity contribution in [1.29, 1.82) is 0 Å². The first-order chi connectivity index (χ1) is 11.7. The van der Waals surface area contributed by atoms with E-state index >= 15 is 0 Å². The standard InChI is InChI=1S/C20H23N3O/c1-14-5-7-18-16(12-14)20(23-10-3-8-21-9-11-23)22-17-6-4-15(2)13-19(17)24-18/h4-7,12-13,21H,3,8-11H2,1-2H3. The summed E-state index contributed by atoms with van der Waals surface area (Å²) in [7, 11) is 0. The Hall–Kier alpha value is -2.33. The van der Waals surface area contributed by atoms with Crippen LogP contribution >= 0.6 is 0 Å². The molecule has 2 aromatic carbocycles. The number of benzene rings is 2. The molecule has 124 valence electrons. The van der Waals surface area contributed by atoms with Gasteiger partial charge in [0.05, 0.1) is 5.56 Å². The first-order valence-corrected chi connectivity index (χ1v) is 8.64. The molecule has 2 aliphatic heterocycles. The van der Waals surface area contributed by atoms with Gasteiger partial charge >= 0.3 is 0 Å². The number of ether oxygens (including phenoxy) is 1. The molecular formula is C20H23N3O. The lowest BCUT2D eigenvalue weighted by molar-refractivity contribution is 0.445. The van der Waals surface area contributed by atoms with Crippen LogP contribution in [0.25, 0.3) is 0 Å². The highest BCUT2D eigenvalue weighted by Crippen LogP contribution is 2.39. The Kier molecular flexibility index (Phi) is 3.98. The van der Waals surface area contributed by atoms with E-state index in [1.807, 2.05) is 0 Å². The molecule has 1 saturated heterocycles. The van der Waals surface area contributed by atoms with Crippen LogP contribution in [0.1, 0.15) is 23.1 Å². The summed E-state index contributed by atoms with van der Waals surface area (Å²) in [4.78, 5) is 7.40. The third kappa shape index (κ3) is 2.89. The van der Waals surface area contributed by atoms with Crippen LogP contribution in [0, 0.1) is 13.8 Å². The minimum absolute atomic E-state index is 0.836. The van der Waals surface area contributed by atoms with Crippen LogP contribution in [0.5, 0.6) is 11.5 Å². The number of rotatable bonds is 0. The first kappa shape index (κ1) is 15.2. The number of nitrogens with one attached hydrogen (secondary N) is 1. The number of hydrogen-bond acceptors (Lipinski definition) is 4. The molecule has 0 atom stereocenters. The molecule has 24 heavy (non-hydrogen) atoms. The number of hydrogen-bond donors (Lipinski definition) is 1. The topological polar surface area (TPSA) is 36.9 Å². The fourth-order valence-corrected chi connectivity index (χ4v) is 3.29. The lowest BCUT2D eigenvalue weighted by atomic mass is 10.1. The molecule has 0 bridgehead atoms. The molecule has 0 amide bonds. The Labute approximate surface area is 143 Å². The molecule has 2 heterocycles. The molecule has 0 aromatic heterocycles. The fourth-order valence-electron chi connectivity index (χ4n) is 3.29. The second-order valence-corrected chi connectivity index (χ2v) is 6.60. The van der Waals surface area contributed by atoms with Crippen LogP contribution in [0.3, 0.4) is 0 Å². The Bertz CT molecular complexity index is 789. The van der Waals surface area contributed by atoms with Crippen LogP contribution in [0.15, 0.2) is 41.4 Å². The smallest absolute Gasteiger partial charge is 0.153 e. The van der Waals surface area contributed by atoms with Gasteiger partial charge in [0.1, 0.15) is 17.3 Å². The molecule has 0 aliphatic carbocycles. The maximum absolute atomic E-state index is 6.23. The molecule has 2 aromatic rings. The lowest BCUT2D eigenvalue weighted by Crippen LogP contribution is -2.34. The van der Waals surface area contributed by atoms with Crippen LogP contribution < -0.4 is 10.1 Å². The summed E-state index contributed by atoms with van der Waals surface area (Å²) in [6.45, 7) is 8.23. The van der Waals surface area contributed by atoms with Crippen molar-refractivity contribution in [2.75, 3.05) is 26.2 Å². The van der Waals surface area contributed by atoms with E-state index in [4.69, 9.17) is 9.73 Å². The van der Waals surface area contributed by atoms with Crippen molar-refractivity contribution < 1.29 is 4.74 Å². The summed E-state index contributed by atoms with van der Waals surface area (Å²) in [5.41, 5.74) is 4.40. The first-order valence-electron chi connectivity index (χ1n) is 8.64. The van der Waals surface area contributed by atoms with Gasteiger partial charge in [0.25, 0.3) is 0 Å². The molecule has 1 N–H and O–H groups in total. The van der Waals surface area contributed by atoms with Crippen molar-refractivity contribution in [2.45, 2.75) is 20.3 Å². The second-order valence-electron chi connectivity index (χ2n) is 6.60. The van der Waals surface area contributed by atoms with E-state index in [-0.39, 0.29) is 0 Å². The van der Waals surface area contributed by atoms with E-state index in [1.54, 1.807) is 0 Å². The van der Waals surface area contributed by atoms with Gasteiger partial charge in [0.2, 0.25) is 0 Å². The monoisotopic (exact) mass is 321 g/mol. The number of nitrogens with zero attached hydrogens (tertiary/aromatic N) is 2. The molecule has 2 aliphatic rings. The van der Waals surface area contributed by atoms with Crippen molar-refractivity contribution in [3.63, 3.8) is 0 Å². The van der Waals surface area contributed by atoms with Crippen molar-refractivity contribution in [3.05, 3.63) is 53.1 Å². The zero-order chi connectivity index (χ0) is 16.5. The van der Waals surface area contributed by atoms with Crippen molar-refractivity contribution in [2.24, 2.45) is 4.99 Å².